The van der Waals surface area contributed by atoms with Crippen LogP contribution >= 0.6 is 0 Å². The fourth-order valence-electron chi connectivity index (χ4n) is 3.72. The Labute approximate surface area is 153 Å². The minimum Gasteiger partial charge on any atom is -0.486 e. The van der Waals surface area contributed by atoms with Crippen LogP contribution in [0.25, 0.3) is 0 Å². The van der Waals surface area contributed by atoms with Crippen molar-refractivity contribution in [3.8, 4) is 11.5 Å². The molecule has 0 radical (unpaired) electrons. The highest BCUT2D eigenvalue weighted by molar-refractivity contribution is 5.78. The molecule has 2 aromatic rings. The van der Waals surface area contributed by atoms with Crippen molar-refractivity contribution in [2.24, 2.45) is 0 Å². The molecule has 2 aliphatic rings. The van der Waals surface area contributed by atoms with Crippen LogP contribution in [0.15, 0.2) is 36.5 Å². The van der Waals surface area contributed by atoms with E-state index in [1.54, 1.807) is 0 Å². The molecule has 2 aliphatic heterocycles. The van der Waals surface area contributed by atoms with Gasteiger partial charge in [-0.05, 0) is 36.2 Å². The number of ether oxygens (including phenoxy) is 2. The maximum absolute atomic E-state index is 12.3. The first-order valence-corrected chi connectivity index (χ1v) is 9.31. The van der Waals surface area contributed by atoms with Gasteiger partial charge in [0.05, 0.1) is 12.6 Å². The van der Waals surface area contributed by atoms with Gasteiger partial charge in [-0.1, -0.05) is 13.0 Å². The minimum absolute atomic E-state index is 0.0296. The van der Waals surface area contributed by atoms with E-state index in [-0.39, 0.29) is 11.9 Å². The van der Waals surface area contributed by atoms with Gasteiger partial charge in [-0.25, -0.2) is 0 Å². The number of benzene rings is 1. The molecule has 138 valence electrons. The summed E-state index contributed by atoms with van der Waals surface area (Å²) in [6, 6.07) is 10.3. The predicted octanol–water partition coefficient (Wildman–Crippen LogP) is 2.19. The molecule has 0 saturated heterocycles. The number of hydrogen-bond donors (Lipinski definition) is 1. The van der Waals surface area contributed by atoms with Crippen molar-refractivity contribution < 1.29 is 14.3 Å². The zero-order valence-electron chi connectivity index (χ0n) is 15.1. The minimum atomic E-state index is 0.0296. The zero-order valence-corrected chi connectivity index (χ0v) is 15.1. The van der Waals surface area contributed by atoms with E-state index < -0.39 is 0 Å². The standard InChI is InChI=1S/C20H25N3O3/c1-2-7-21-19(24)14-23-10-9-22-8-3-4-16(22)20(23)15-5-6-17-18(13-15)26-12-11-25-17/h3-6,8,13,20H,2,7,9-12,14H2,1H3,(H,21,24). The van der Waals surface area contributed by atoms with Gasteiger partial charge in [0.1, 0.15) is 13.2 Å². The number of amides is 1. The van der Waals surface area contributed by atoms with Crippen LogP contribution in [0.4, 0.5) is 0 Å². The summed E-state index contributed by atoms with van der Waals surface area (Å²) in [6.45, 7) is 6.06. The first kappa shape index (κ1) is 17.0. The second-order valence-electron chi connectivity index (χ2n) is 6.75. The monoisotopic (exact) mass is 355 g/mol. The lowest BCUT2D eigenvalue weighted by molar-refractivity contribution is -0.122. The highest BCUT2D eigenvalue weighted by atomic mass is 16.6. The second-order valence-corrected chi connectivity index (χ2v) is 6.75. The molecule has 0 bridgehead atoms. The lowest BCUT2D eigenvalue weighted by Gasteiger charge is -2.37. The smallest absolute Gasteiger partial charge is 0.234 e. The Hall–Kier alpha value is -2.47. The van der Waals surface area contributed by atoms with E-state index in [0.29, 0.717) is 19.8 Å². The summed E-state index contributed by atoms with van der Waals surface area (Å²) < 4.78 is 13.7. The molecule has 4 rings (SSSR count). The Morgan fingerprint density at radius 3 is 2.88 bits per heavy atom. The lowest BCUT2D eigenvalue weighted by atomic mass is 9.99. The van der Waals surface area contributed by atoms with Gasteiger partial charge >= 0.3 is 0 Å². The molecule has 1 aromatic heterocycles. The summed E-state index contributed by atoms with van der Waals surface area (Å²) in [7, 11) is 0. The fraction of sp³-hybridized carbons (Fsp3) is 0.450. The molecule has 3 heterocycles. The van der Waals surface area contributed by atoms with Crippen LogP contribution in [0.3, 0.4) is 0 Å². The first-order chi connectivity index (χ1) is 12.8. The normalized spacial score (nSPS) is 19.0. The molecule has 6 heteroatoms. The maximum atomic E-state index is 12.3. The Balaban J connectivity index is 1.64. The third-order valence-electron chi connectivity index (χ3n) is 4.94. The third kappa shape index (κ3) is 3.29. The Kier molecular flexibility index (Phi) is 4.84. The molecule has 1 amide bonds. The van der Waals surface area contributed by atoms with E-state index in [1.807, 2.05) is 6.07 Å². The molecular formula is C20H25N3O3. The van der Waals surface area contributed by atoms with Gasteiger partial charge in [0.15, 0.2) is 11.5 Å². The molecule has 6 nitrogen and oxygen atoms in total. The predicted molar refractivity (Wildman–Crippen MR) is 98.6 cm³/mol. The maximum Gasteiger partial charge on any atom is 0.234 e. The summed E-state index contributed by atoms with van der Waals surface area (Å²) in [5, 5.41) is 2.99. The number of nitrogens with one attached hydrogen (secondary N) is 1. The molecule has 0 spiro atoms. The van der Waals surface area contributed by atoms with Crippen molar-refractivity contribution in [1.82, 2.24) is 14.8 Å². The van der Waals surface area contributed by atoms with Crippen LogP contribution < -0.4 is 14.8 Å². The molecule has 0 aliphatic carbocycles. The Morgan fingerprint density at radius 1 is 1.19 bits per heavy atom. The summed E-state index contributed by atoms with van der Waals surface area (Å²) >= 11 is 0. The van der Waals surface area contributed by atoms with Crippen LogP contribution in [0, 0.1) is 0 Å². The average molecular weight is 355 g/mol. The fourth-order valence-corrected chi connectivity index (χ4v) is 3.72. The summed E-state index contributed by atoms with van der Waals surface area (Å²) in [4.78, 5) is 14.6. The number of fused-ring (bicyclic) bond motifs is 2. The third-order valence-corrected chi connectivity index (χ3v) is 4.94. The van der Waals surface area contributed by atoms with Gasteiger partial charge in [0.25, 0.3) is 0 Å². The van der Waals surface area contributed by atoms with E-state index in [1.165, 1.54) is 5.69 Å². The molecule has 0 fully saturated rings. The largest absolute Gasteiger partial charge is 0.486 e. The number of rotatable bonds is 5. The van der Waals surface area contributed by atoms with Crippen LogP contribution in [0.5, 0.6) is 11.5 Å². The van der Waals surface area contributed by atoms with Crippen LogP contribution in [0.2, 0.25) is 0 Å². The van der Waals surface area contributed by atoms with Gasteiger partial charge in [-0.3, -0.25) is 9.69 Å². The summed E-state index contributed by atoms with van der Waals surface area (Å²) in [5.74, 6) is 1.65. The molecule has 26 heavy (non-hydrogen) atoms. The second kappa shape index (κ2) is 7.41. The summed E-state index contributed by atoms with van der Waals surface area (Å²) in [6.07, 6.45) is 3.05. The van der Waals surface area contributed by atoms with Gasteiger partial charge in [0, 0.05) is 31.5 Å². The zero-order chi connectivity index (χ0) is 17.9. The highest BCUT2D eigenvalue weighted by Gasteiger charge is 2.31. The SMILES string of the molecule is CCCNC(=O)CN1CCn2cccc2C1c1ccc2c(c1)OCCO2. The topological polar surface area (TPSA) is 55.7 Å². The molecule has 1 N–H and O–H groups in total. The first-order valence-electron chi connectivity index (χ1n) is 9.31. The van der Waals surface area contributed by atoms with E-state index >= 15 is 0 Å². The van der Waals surface area contributed by atoms with Gasteiger partial charge in [0.2, 0.25) is 5.91 Å². The summed E-state index contributed by atoms with van der Waals surface area (Å²) in [5.41, 5.74) is 2.33. The van der Waals surface area contributed by atoms with E-state index in [9.17, 15) is 4.79 Å². The number of carbonyl (C=O) groups excluding carboxylic acids is 1. The van der Waals surface area contributed by atoms with E-state index in [2.05, 4.69) is 52.2 Å². The van der Waals surface area contributed by atoms with Crippen LogP contribution in [-0.2, 0) is 11.3 Å². The number of nitrogens with zero attached hydrogens (tertiary/aromatic N) is 2. The van der Waals surface area contributed by atoms with Crippen molar-refractivity contribution in [3.63, 3.8) is 0 Å². The quantitative estimate of drug-likeness (QED) is 0.893. The molecular weight excluding hydrogens is 330 g/mol. The molecule has 1 aromatic carbocycles. The molecule has 0 saturated carbocycles. The number of carbonyl (C=O) groups is 1. The Bertz CT molecular complexity index is 786. The van der Waals surface area contributed by atoms with E-state index in [4.69, 9.17) is 9.47 Å². The van der Waals surface area contributed by atoms with Crippen molar-refractivity contribution in [1.29, 1.82) is 0 Å². The van der Waals surface area contributed by atoms with Gasteiger partial charge in [-0.15, -0.1) is 0 Å². The molecule has 1 unspecified atom stereocenters. The average Bonchev–Trinajstić information content (AvgIpc) is 3.14. The van der Waals surface area contributed by atoms with Crippen molar-refractivity contribution in [3.05, 3.63) is 47.8 Å². The van der Waals surface area contributed by atoms with Gasteiger partial charge in [-0.2, -0.15) is 0 Å². The van der Waals surface area contributed by atoms with Gasteiger partial charge < -0.3 is 19.4 Å². The van der Waals surface area contributed by atoms with E-state index in [0.717, 1.165) is 43.1 Å². The molecule has 1 atom stereocenters. The van der Waals surface area contributed by atoms with Crippen LogP contribution in [0.1, 0.15) is 30.6 Å². The van der Waals surface area contributed by atoms with Crippen molar-refractivity contribution in [2.75, 3.05) is 32.8 Å². The van der Waals surface area contributed by atoms with Crippen molar-refractivity contribution in [2.45, 2.75) is 25.9 Å². The number of hydrogen-bond acceptors (Lipinski definition) is 4. The highest BCUT2D eigenvalue weighted by Crippen LogP contribution is 2.38. The number of aromatic nitrogens is 1. The lowest BCUT2D eigenvalue weighted by Crippen LogP contribution is -2.44. The van der Waals surface area contributed by atoms with Crippen molar-refractivity contribution >= 4 is 5.91 Å². The van der Waals surface area contributed by atoms with Crippen LogP contribution in [-0.4, -0.2) is 48.2 Å². The Morgan fingerprint density at radius 2 is 2.04 bits per heavy atom.